The van der Waals surface area contributed by atoms with E-state index in [0.29, 0.717) is 16.3 Å². The summed E-state index contributed by atoms with van der Waals surface area (Å²) in [6.07, 6.45) is 0. The Bertz CT molecular complexity index is 687. The fourth-order valence-corrected chi connectivity index (χ4v) is 2.25. The smallest absolute Gasteiger partial charge is 0.255 e. The van der Waals surface area contributed by atoms with E-state index in [9.17, 15) is 9.59 Å². The zero-order chi connectivity index (χ0) is 15.4. The van der Waals surface area contributed by atoms with Crippen molar-refractivity contribution in [2.45, 2.75) is 5.33 Å². The standard InChI is InChI=1S/C15H12BrClN2O2/c16-8-9-1-3-10(4-2-9)15(21)19-13-7-11(14(18)20)5-6-12(13)17/h1-7H,8H2,(H2,18,20)(H,19,21). The Morgan fingerprint density at radius 3 is 2.29 bits per heavy atom. The molecule has 0 atom stereocenters. The lowest BCUT2D eigenvalue weighted by Crippen LogP contribution is -2.14. The van der Waals surface area contributed by atoms with Crippen LogP contribution < -0.4 is 11.1 Å². The molecule has 0 unspecified atom stereocenters. The minimum Gasteiger partial charge on any atom is -0.366 e. The molecule has 0 heterocycles. The zero-order valence-corrected chi connectivity index (χ0v) is 13.2. The molecule has 0 aliphatic heterocycles. The summed E-state index contributed by atoms with van der Waals surface area (Å²) in [5.41, 5.74) is 7.41. The van der Waals surface area contributed by atoms with E-state index in [1.807, 2.05) is 12.1 Å². The number of hydrogen-bond acceptors (Lipinski definition) is 2. The largest absolute Gasteiger partial charge is 0.366 e. The van der Waals surface area contributed by atoms with Crippen LogP contribution in [0.2, 0.25) is 5.02 Å². The Balaban J connectivity index is 2.22. The topological polar surface area (TPSA) is 72.2 Å². The summed E-state index contributed by atoms with van der Waals surface area (Å²) >= 11 is 9.35. The molecule has 2 amide bonds. The number of nitrogens with one attached hydrogen (secondary N) is 1. The molecule has 21 heavy (non-hydrogen) atoms. The van der Waals surface area contributed by atoms with Crippen molar-refractivity contribution in [1.29, 1.82) is 0 Å². The van der Waals surface area contributed by atoms with Gasteiger partial charge < -0.3 is 11.1 Å². The van der Waals surface area contributed by atoms with E-state index in [1.165, 1.54) is 18.2 Å². The van der Waals surface area contributed by atoms with Gasteiger partial charge in [0.15, 0.2) is 0 Å². The molecule has 0 bridgehead atoms. The van der Waals surface area contributed by atoms with Crippen LogP contribution in [0.3, 0.4) is 0 Å². The maximum atomic E-state index is 12.1. The third kappa shape index (κ3) is 3.83. The number of halogens is 2. The average Bonchev–Trinajstić information content (AvgIpc) is 2.49. The third-order valence-corrected chi connectivity index (χ3v) is 3.85. The fourth-order valence-electron chi connectivity index (χ4n) is 1.71. The van der Waals surface area contributed by atoms with Crippen LogP contribution in [0.4, 0.5) is 5.69 Å². The van der Waals surface area contributed by atoms with Crippen LogP contribution in [0.25, 0.3) is 0 Å². The van der Waals surface area contributed by atoms with Gasteiger partial charge in [0.25, 0.3) is 5.91 Å². The highest BCUT2D eigenvalue weighted by atomic mass is 79.9. The lowest BCUT2D eigenvalue weighted by atomic mass is 10.1. The van der Waals surface area contributed by atoms with Crippen molar-refractivity contribution in [2.75, 3.05) is 5.32 Å². The van der Waals surface area contributed by atoms with Crippen molar-refractivity contribution >= 4 is 45.0 Å². The minimum atomic E-state index is -0.580. The van der Waals surface area contributed by atoms with E-state index in [0.717, 1.165) is 10.9 Å². The molecule has 2 rings (SSSR count). The second-order valence-electron chi connectivity index (χ2n) is 4.34. The average molecular weight is 368 g/mol. The quantitative estimate of drug-likeness (QED) is 0.811. The van der Waals surface area contributed by atoms with Gasteiger partial charge in [-0.25, -0.2) is 0 Å². The van der Waals surface area contributed by atoms with Gasteiger partial charge in [0.05, 0.1) is 10.7 Å². The molecule has 108 valence electrons. The minimum absolute atomic E-state index is 0.282. The molecule has 0 radical (unpaired) electrons. The Morgan fingerprint density at radius 2 is 1.71 bits per heavy atom. The first-order valence-electron chi connectivity index (χ1n) is 6.07. The van der Waals surface area contributed by atoms with Gasteiger partial charge in [-0.3, -0.25) is 9.59 Å². The van der Waals surface area contributed by atoms with E-state index < -0.39 is 5.91 Å². The lowest BCUT2D eigenvalue weighted by molar-refractivity contribution is 0.0996. The fraction of sp³-hybridized carbons (Fsp3) is 0.0667. The summed E-state index contributed by atoms with van der Waals surface area (Å²) in [6.45, 7) is 0. The number of nitrogens with two attached hydrogens (primary N) is 1. The van der Waals surface area contributed by atoms with E-state index in [4.69, 9.17) is 17.3 Å². The van der Waals surface area contributed by atoms with Gasteiger partial charge in [0, 0.05) is 16.5 Å². The maximum Gasteiger partial charge on any atom is 0.255 e. The number of primary amides is 1. The van der Waals surface area contributed by atoms with Gasteiger partial charge in [-0.2, -0.15) is 0 Å². The number of alkyl halides is 1. The zero-order valence-electron chi connectivity index (χ0n) is 10.9. The van der Waals surface area contributed by atoms with Crippen LogP contribution in [0.5, 0.6) is 0 Å². The molecule has 2 aromatic carbocycles. The molecule has 2 aromatic rings. The molecule has 0 aliphatic rings. The second kappa shape index (κ2) is 6.74. The number of anilines is 1. The van der Waals surface area contributed by atoms with Crippen LogP contribution in [0, 0.1) is 0 Å². The molecular formula is C15H12BrClN2O2. The number of amides is 2. The van der Waals surface area contributed by atoms with Crippen LogP contribution in [0.15, 0.2) is 42.5 Å². The molecule has 0 aromatic heterocycles. The third-order valence-electron chi connectivity index (χ3n) is 2.87. The number of carbonyl (C=O) groups is 2. The summed E-state index contributed by atoms with van der Waals surface area (Å²) in [5, 5.41) is 3.73. The molecule has 0 saturated heterocycles. The van der Waals surface area contributed by atoms with Crippen molar-refractivity contribution in [3.8, 4) is 0 Å². The first-order valence-corrected chi connectivity index (χ1v) is 7.57. The molecule has 0 saturated carbocycles. The maximum absolute atomic E-state index is 12.1. The van der Waals surface area contributed by atoms with E-state index >= 15 is 0 Å². The number of carbonyl (C=O) groups excluding carboxylic acids is 2. The van der Waals surface area contributed by atoms with Gasteiger partial charge in [-0.05, 0) is 35.9 Å². The van der Waals surface area contributed by atoms with Gasteiger partial charge in [0.2, 0.25) is 5.91 Å². The summed E-state index contributed by atoms with van der Waals surface area (Å²) in [6, 6.07) is 11.6. The SMILES string of the molecule is NC(=O)c1ccc(Cl)c(NC(=O)c2ccc(CBr)cc2)c1. The summed E-state index contributed by atoms with van der Waals surface area (Å²) in [7, 11) is 0. The monoisotopic (exact) mass is 366 g/mol. The first kappa shape index (κ1) is 15.5. The van der Waals surface area contributed by atoms with Gasteiger partial charge in [-0.1, -0.05) is 39.7 Å². The molecule has 0 aliphatic carbocycles. The van der Waals surface area contributed by atoms with E-state index in [2.05, 4.69) is 21.2 Å². The van der Waals surface area contributed by atoms with Crippen LogP contribution in [0.1, 0.15) is 26.3 Å². The number of rotatable bonds is 4. The molecule has 0 spiro atoms. The van der Waals surface area contributed by atoms with Crippen molar-refractivity contribution in [3.63, 3.8) is 0 Å². The predicted molar refractivity (Wildman–Crippen MR) is 87.0 cm³/mol. The summed E-state index contributed by atoms with van der Waals surface area (Å²) in [5.74, 6) is -0.886. The van der Waals surface area contributed by atoms with Crippen molar-refractivity contribution in [3.05, 3.63) is 64.2 Å². The van der Waals surface area contributed by atoms with Crippen LogP contribution in [-0.2, 0) is 5.33 Å². The van der Waals surface area contributed by atoms with Crippen molar-refractivity contribution < 1.29 is 9.59 Å². The Morgan fingerprint density at radius 1 is 1.10 bits per heavy atom. The van der Waals surface area contributed by atoms with Crippen molar-refractivity contribution in [1.82, 2.24) is 0 Å². The molecular weight excluding hydrogens is 356 g/mol. The number of benzene rings is 2. The van der Waals surface area contributed by atoms with Gasteiger partial charge in [0.1, 0.15) is 0 Å². The highest BCUT2D eigenvalue weighted by Crippen LogP contribution is 2.23. The highest BCUT2D eigenvalue weighted by Gasteiger charge is 2.10. The normalized spacial score (nSPS) is 10.2. The van der Waals surface area contributed by atoms with E-state index in [1.54, 1.807) is 12.1 Å². The van der Waals surface area contributed by atoms with Gasteiger partial charge in [-0.15, -0.1) is 0 Å². The Kier molecular flexibility index (Phi) is 4.98. The summed E-state index contributed by atoms with van der Waals surface area (Å²) in [4.78, 5) is 23.3. The molecule has 4 nitrogen and oxygen atoms in total. The van der Waals surface area contributed by atoms with Crippen LogP contribution in [-0.4, -0.2) is 11.8 Å². The molecule has 6 heteroatoms. The Labute approximate surface area is 135 Å². The van der Waals surface area contributed by atoms with Gasteiger partial charge >= 0.3 is 0 Å². The molecule has 3 N–H and O–H groups in total. The van der Waals surface area contributed by atoms with Crippen molar-refractivity contribution in [2.24, 2.45) is 5.73 Å². The summed E-state index contributed by atoms with van der Waals surface area (Å²) < 4.78 is 0. The lowest BCUT2D eigenvalue weighted by Gasteiger charge is -2.09. The number of hydrogen-bond donors (Lipinski definition) is 2. The predicted octanol–water partition coefficient (Wildman–Crippen LogP) is 3.59. The second-order valence-corrected chi connectivity index (χ2v) is 5.31. The molecule has 0 fully saturated rings. The van der Waals surface area contributed by atoms with E-state index in [-0.39, 0.29) is 11.5 Å². The highest BCUT2D eigenvalue weighted by molar-refractivity contribution is 9.08. The first-order chi connectivity index (χ1) is 10.0. The Hall–Kier alpha value is -1.85. The van der Waals surface area contributed by atoms with Crippen LogP contribution >= 0.6 is 27.5 Å².